The molecule has 2 heterocycles. The zero-order chi connectivity index (χ0) is 13.1. The summed E-state index contributed by atoms with van der Waals surface area (Å²) in [5.41, 5.74) is 0.880. The predicted octanol–water partition coefficient (Wildman–Crippen LogP) is 3.40. The number of alkyl halides is 1. The molecule has 1 amide bonds. The normalized spacial score (nSPS) is 20.2. The van der Waals surface area contributed by atoms with Crippen LogP contribution >= 0.6 is 27.3 Å². The number of aryl methyl sites for hydroxylation is 2. The minimum absolute atomic E-state index is 0.178. The van der Waals surface area contributed by atoms with Crippen LogP contribution in [0.4, 0.5) is 0 Å². The molecule has 1 saturated heterocycles. The Morgan fingerprint density at radius 3 is 2.94 bits per heavy atom. The summed E-state index contributed by atoms with van der Waals surface area (Å²) in [5.74, 6) is 0.828. The highest BCUT2D eigenvalue weighted by Gasteiger charge is 2.26. The van der Waals surface area contributed by atoms with Crippen molar-refractivity contribution in [3.05, 3.63) is 15.6 Å². The zero-order valence-electron chi connectivity index (χ0n) is 10.9. The SMILES string of the molecule is Cc1nc(C)c(C(=O)N2CCCC(CCBr)C2)s1. The molecule has 0 N–H and O–H groups in total. The molecule has 1 atom stereocenters. The first kappa shape index (κ1) is 14.0. The van der Waals surface area contributed by atoms with Crippen molar-refractivity contribution in [2.45, 2.75) is 33.1 Å². The molecule has 0 aliphatic carbocycles. The molecular formula is C13H19BrN2OS. The van der Waals surface area contributed by atoms with Crippen LogP contribution in [-0.2, 0) is 0 Å². The summed E-state index contributed by atoms with van der Waals surface area (Å²) in [5, 5.41) is 2.00. The van der Waals surface area contributed by atoms with Gasteiger partial charge in [0.1, 0.15) is 4.88 Å². The lowest BCUT2D eigenvalue weighted by Crippen LogP contribution is -2.40. The van der Waals surface area contributed by atoms with E-state index in [1.165, 1.54) is 17.8 Å². The lowest BCUT2D eigenvalue weighted by Gasteiger charge is -2.32. The standard InChI is InChI=1S/C13H19BrN2OS/c1-9-12(18-10(2)15-9)13(17)16-7-3-4-11(8-16)5-6-14/h11H,3-8H2,1-2H3. The lowest BCUT2D eigenvalue weighted by atomic mass is 9.95. The monoisotopic (exact) mass is 330 g/mol. The number of halogens is 1. The molecule has 1 aliphatic heterocycles. The molecule has 1 unspecified atom stereocenters. The average molecular weight is 331 g/mol. The Bertz CT molecular complexity index is 431. The first-order chi connectivity index (χ1) is 8.61. The number of hydrogen-bond donors (Lipinski definition) is 0. The van der Waals surface area contributed by atoms with E-state index < -0.39 is 0 Å². The zero-order valence-corrected chi connectivity index (χ0v) is 13.3. The largest absolute Gasteiger partial charge is 0.338 e. The number of aromatic nitrogens is 1. The minimum Gasteiger partial charge on any atom is -0.338 e. The van der Waals surface area contributed by atoms with Crippen LogP contribution in [0.2, 0.25) is 0 Å². The van der Waals surface area contributed by atoms with E-state index in [-0.39, 0.29) is 5.91 Å². The molecule has 0 spiro atoms. The fourth-order valence-corrected chi connectivity index (χ4v) is 4.05. The van der Waals surface area contributed by atoms with Gasteiger partial charge in [0, 0.05) is 18.4 Å². The Morgan fingerprint density at radius 2 is 2.33 bits per heavy atom. The van der Waals surface area contributed by atoms with Crippen molar-refractivity contribution in [2.75, 3.05) is 18.4 Å². The summed E-state index contributed by atoms with van der Waals surface area (Å²) < 4.78 is 0. The van der Waals surface area contributed by atoms with Crippen molar-refractivity contribution in [2.24, 2.45) is 5.92 Å². The van der Waals surface area contributed by atoms with Crippen LogP contribution in [0.5, 0.6) is 0 Å². The van der Waals surface area contributed by atoms with E-state index in [1.54, 1.807) is 0 Å². The molecule has 2 rings (SSSR count). The van der Waals surface area contributed by atoms with Gasteiger partial charge in [0.25, 0.3) is 5.91 Å². The topological polar surface area (TPSA) is 33.2 Å². The van der Waals surface area contributed by atoms with Crippen molar-refractivity contribution in [3.8, 4) is 0 Å². The van der Waals surface area contributed by atoms with Crippen LogP contribution in [0.3, 0.4) is 0 Å². The van der Waals surface area contributed by atoms with Crippen LogP contribution in [0.1, 0.15) is 39.6 Å². The molecule has 100 valence electrons. The molecule has 1 fully saturated rings. The molecule has 1 aromatic heterocycles. The maximum Gasteiger partial charge on any atom is 0.265 e. The van der Waals surface area contributed by atoms with Crippen LogP contribution in [0, 0.1) is 19.8 Å². The fraction of sp³-hybridized carbons (Fsp3) is 0.692. The maximum atomic E-state index is 12.5. The van der Waals surface area contributed by atoms with Gasteiger partial charge in [0.2, 0.25) is 0 Å². The third kappa shape index (κ3) is 3.12. The Kier molecular flexibility index (Phi) is 4.78. The van der Waals surface area contributed by atoms with Gasteiger partial charge in [0.05, 0.1) is 10.7 Å². The van der Waals surface area contributed by atoms with Gasteiger partial charge in [-0.15, -0.1) is 11.3 Å². The molecule has 0 bridgehead atoms. The first-order valence-corrected chi connectivity index (χ1v) is 8.35. The van der Waals surface area contributed by atoms with E-state index in [0.717, 1.165) is 46.8 Å². The van der Waals surface area contributed by atoms with Crippen LogP contribution < -0.4 is 0 Å². The number of thiazole rings is 1. The molecule has 0 radical (unpaired) electrons. The minimum atomic E-state index is 0.178. The van der Waals surface area contributed by atoms with Crippen molar-refractivity contribution in [1.82, 2.24) is 9.88 Å². The van der Waals surface area contributed by atoms with Crippen molar-refractivity contribution >= 4 is 33.2 Å². The van der Waals surface area contributed by atoms with Gasteiger partial charge in [0.15, 0.2) is 0 Å². The van der Waals surface area contributed by atoms with E-state index in [1.807, 2.05) is 18.7 Å². The second-order valence-corrected chi connectivity index (χ2v) is 6.88. The molecule has 5 heteroatoms. The van der Waals surface area contributed by atoms with E-state index in [2.05, 4.69) is 20.9 Å². The predicted molar refractivity (Wildman–Crippen MR) is 78.6 cm³/mol. The Labute approximate surface area is 121 Å². The van der Waals surface area contributed by atoms with E-state index >= 15 is 0 Å². The fourth-order valence-electron chi connectivity index (χ4n) is 2.51. The third-order valence-corrected chi connectivity index (χ3v) is 4.94. The number of likely N-dealkylation sites (tertiary alicyclic amines) is 1. The van der Waals surface area contributed by atoms with E-state index in [4.69, 9.17) is 0 Å². The van der Waals surface area contributed by atoms with Crippen molar-refractivity contribution in [1.29, 1.82) is 0 Å². The number of piperidine rings is 1. The molecule has 0 saturated carbocycles. The van der Waals surface area contributed by atoms with Gasteiger partial charge >= 0.3 is 0 Å². The molecule has 1 aromatic rings. The van der Waals surface area contributed by atoms with Gasteiger partial charge in [-0.05, 0) is 39.0 Å². The smallest absolute Gasteiger partial charge is 0.265 e. The van der Waals surface area contributed by atoms with Crippen LogP contribution in [0.25, 0.3) is 0 Å². The quantitative estimate of drug-likeness (QED) is 0.796. The number of carbonyl (C=O) groups excluding carboxylic acids is 1. The summed E-state index contributed by atoms with van der Waals surface area (Å²) in [4.78, 5) is 19.7. The molecular weight excluding hydrogens is 312 g/mol. The molecule has 18 heavy (non-hydrogen) atoms. The van der Waals surface area contributed by atoms with E-state index in [9.17, 15) is 4.79 Å². The highest BCUT2D eigenvalue weighted by Crippen LogP contribution is 2.25. The second kappa shape index (κ2) is 6.15. The van der Waals surface area contributed by atoms with Crippen molar-refractivity contribution in [3.63, 3.8) is 0 Å². The average Bonchev–Trinajstić information content (AvgIpc) is 2.68. The molecule has 1 aliphatic rings. The number of nitrogens with zero attached hydrogens (tertiary/aromatic N) is 2. The lowest BCUT2D eigenvalue weighted by molar-refractivity contribution is 0.0676. The molecule has 0 aromatic carbocycles. The summed E-state index contributed by atoms with van der Waals surface area (Å²) in [6.45, 7) is 5.68. The summed E-state index contributed by atoms with van der Waals surface area (Å²) in [7, 11) is 0. The number of carbonyl (C=O) groups is 1. The van der Waals surface area contributed by atoms with Crippen LogP contribution in [-0.4, -0.2) is 34.2 Å². The molecule has 3 nitrogen and oxygen atoms in total. The van der Waals surface area contributed by atoms with Gasteiger partial charge in [-0.2, -0.15) is 0 Å². The summed E-state index contributed by atoms with van der Waals surface area (Å²) in [6, 6.07) is 0. The first-order valence-electron chi connectivity index (χ1n) is 6.41. The summed E-state index contributed by atoms with van der Waals surface area (Å²) in [6.07, 6.45) is 3.53. The van der Waals surface area contributed by atoms with Gasteiger partial charge < -0.3 is 4.90 Å². The highest BCUT2D eigenvalue weighted by atomic mass is 79.9. The number of rotatable bonds is 3. The second-order valence-electron chi connectivity index (χ2n) is 4.88. The number of hydrogen-bond acceptors (Lipinski definition) is 3. The van der Waals surface area contributed by atoms with Gasteiger partial charge in [-0.25, -0.2) is 4.98 Å². The van der Waals surface area contributed by atoms with Gasteiger partial charge in [-0.1, -0.05) is 15.9 Å². The van der Waals surface area contributed by atoms with Crippen molar-refractivity contribution < 1.29 is 4.79 Å². The maximum absolute atomic E-state index is 12.5. The van der Waals surface area contributed by atoms with Crippen LogP contribution in [0.15, 0.2) is 0 Å². The number of amides is 1. The highest BCUT2D eigenvalue weighted by molar-refractivity contribution is 9.09. The van der Waals surface area contributed by atoms with E-state index in [0.29, 0.717) is 5.92 Å². The third-order valence-electron chi connectivity index (χ3n) is 3.42. The Hall–Kier alpha value is -0.420. The Morgan fingerprint density at radius 1 is 1.56 bits per heavy atom. The summed E-state index contributed by atoms with van der Waals surface area (Å²) >= 11 is 5.01. The Balaban J connectivity index is 2.06. The van der Waals surface area contributed by atoms with Gasteiger partial charge in [-0.3, -0.25) is 4.79 Å².